The van der Waals surface area contributed by atoms with E-state index < -0.39 is 5.60 Å². The van der Waals surface area contributed by atoms with Crippen molar-refractivity contribution in [2.75, 3.05) is 19.8 Å². The first-order valence-electron chi connectivity index (χ1n) is 6.74. The molecule has 96 valence electrons. The van der Waals surface area contributed by atoms with Gasteiger partial charge in [0.15, 0.2) is 0 Å². The summed E-state index contributed by atoms with van der Waals surface area (Å²) in [5, 5.41) is 0. The largest absolute Gasteiger partial charge is 0.375 e. The van der Waals surface area contributed by atoms with Crippen LogP contribution in [0.4, 0.5) is 0 Å². The second-order valence-electron chi connectivity index (χ2n) is 5.32. The van der Waals surface area contributed by atoms with Crippen LogP contribution in [0, 0.1) is 6.92 Å². The van der Waals surface area contributed by atoms with Crippen molar-refractivity contribution in [2.45, 2.75) is 12.5 Å². The predicted molar refractivity (Wildman–Crippen MR) is 74.2 cm³/mol. The van der Waals surface area contributed by atoms with E-state index in [0.717, 1.165) is 0 Å². The summed E-state index contributed by atoms with van der Waals surface area (Å²) in [6.07, 6.45) is 0. The lowest BCUT2D eigenvalue weighted by Gasteiger charge is -2.35. The molecule has 1 unspecified atom stereocenters. The van der Waals surface area contributed by atoms with Gasteiger partial charge in [0.05, 0.1) is 19.8 Å². The third-order valence-electron chi connectivity index (χ3n) is 4.14. The number of aryl methyl sites for hydroxylation is 1. The molecule has 0 N–H and O–H groups in total. The molecule has 0 bridgehead atoms. The lowest BCUT2D eigenvalue weighted by atomic mass is 9.90. The quantitative estimate of drug-likeness (QED) is 0.716. The summed E-state index contributed by atoms with van der Waals surface area (Å²) in [4.78, 5) is 0. The van der Waals surface area contributed by atoms with Gasteiger partial charge in [0.2, 0.25) is 0 Å². The number of rotatable bonds is 0. The lowest BCUT2D eigenvalue weighted by Crippen LogP contribution is -2.40. The van der Waals surface area contributed by atoms with E-state index in [9.17, 15) is 0 Å². The van der Waals surface area contributed by atoms with E-state index in [1.165, 1.54) is 27.8 Å². The van der Waals surface area contributed by atoms with Crippen molar-refractivity contribution in [2.24, 2.45) is 0 Å². The van der Waals surface area contributed by atoms with Crippen LogP contribution in [0.25, 0.3) is 11.1 Å². The van der Waals surface area contributed by atoms with E-state index in [2.05, 4.69) is 49.4 Å². The molecule has 1 heterocycles. The Morgan fingerprint density at radius 3 is 2.63 bits per heavy atom. The Hall–Kier alpha value is -1.64. The highest BCUT2D eigenvalue weighted by Gasteiger charge is 2.45. The maximum atomic E-state index is 6.21. The third kappa shape index (κ3) is 1.44. The van der Waals surface area contributed by atoms with Crippen LogP contribution in [-0.4, -0.2) is 19.8 Å². The molecule has 2 aliphatic rings. The third-order valence-corrected chi connectivity index (χ3v) is 4.14. The summed E-state index contributed by atoms with van der Waals surface area (Å²) < 4.78 is 11.9. The molecule has 1 aliphatic heterocycles. The summed E-state index contributed by atoms with van der Waals surface area (Å²) in [6, 6.07) is 15.1. The van der Waals surface area contributed by atoms with Crippen molar-refractivity contribution >= 4 is 0 Å². The molecule has 4 rings (SSSR count). The van der Waals surface area contributed by atoms with Crippen LogP contribution in [0.15, 0.2) is 42.5 Å². The van der Waals surface area contributed by atoms with Crippen LogP contribution in [0.3, 0.4) is 0 Å². The molecule has 2 heteroatoms. The standard InChI is InChI=1S/C17H16O2/c1-12-6-7-14-13-4-2-3-5-15(13)17(16(14)10-12)11-18-8-9-19-17/h2-7,10H,8-9,11H2,1H3. The first-order valence-corrected chi connectivity index (χ1v) is 6.74. The smallest absolute Gasteiger partial charge is 0.143 e. The van der Waals surface area contributed by atoms with Gasteiger partial charge in [-0.05, 0) is 29.2 Å². The fourth-order valence-electron chi connectivity index (χ4n) is 3.29. The van der Waals surface area contributed by atoms with Gasteiger partial charge in [-0.15, -0.1) is 0 Å². The second-order valence-corrected chi connectivity index (χ2v) is 5.32. The maximum Gasteiger partial charge on any atom is 0.143 e. The van der Waals surface area contributed by atoms with E-state index >= 15 is 0 Å². The number of hydrogen-bond donors (Lipinski definition) is 0. The highest BCUT2D eigenvalue weighted by atomic mass is 16.6. The molecule has 0 amide bonds. The Labute approximate surface area is 113 Å². The van der Waals surface area contributed by atoms with E-state index in [-0.39, 0.29) is 0 Å². The van der Waals surface area contributed by atoms with Gasteiger partial charge in [-0.1, -0.05) is 48.0 Å². The van der Waals surface area contributed by atoms with Gasteiger partial charge in [0.25, 0.3) is 0 Å². The summed E-state index contributed by atoms with van der Waals surface area (Å²) >= 11 is 0. The molecule has 2 aromatic rings. The maximum absolute atomic E-state index is 6.21. The van der Waals surface area contributed by atoms with Crippen molar-refractivity contribution in [3.63, 3.8) is 0 Å². The van der Waals surface area contributed by atoms with E-state index in [1.54, 1.807) is 0 Å². The topological polar surface area (TPSA) is 18.5 Å². The molecule has 1 saturated heterocycles. The monoisotopic (exact) mass is 252 g/mol. The van der Waals surface area contributed by atoms with Crippen LogP contribution >= 0.6 is 0 Å². The van der Waals surface area contributed by atoms with E-state index in [1.807, 2.05) is 0 Å². The first-order chi connectivity index (χ1) is 9.31. The Bertz CT molecular complexity index is 639. The van der Waals surface area contributed by atoms with Gasteiger partial charge in [-0.2, -0.15) is 0 Å². The zero-order valence-electron chi connectivity index (χ0n) is 11.0. The zero-order valence-corrected chi connectivity index (χ0v) is 11.0. The average molecular weight is 252 g/mol. The predicted octanol–water partition coefficient (Wildman–Crippen LogP) is 3.27. The van der Waals surface area contributed by atoms with Crippen LogP contribution in [0.2, 0.25) is 0 Å². The summed E-state index contributed by atoms with van der Waals surface area (Å²) in [5.41, 5.74) is 5.94. The number of hydrogen-bond acceptors (Lipinski definition) is 2. The Morgan fingerprint density at radius 1 is 0.947 bits per heavy atom. The van der Waals surface area contributed by atoms with Crippen molar-refractivity contribution in [3.8, 4) is 11.1 Å². The van der Waals surface area contributed by atoms with Crippen LogP contribution in [-0.2, 0) is 15.1 Å². The number of ether oxygens (including phenoxy) is 2. The highest BCUT2D eigenvalue weighted by molar-refractivity contribution is 5.80. The molecule has 19 heavy (non-hydrogen) atoms. The summed E-state index contributed by atoms with van der Waals surface area (Å²) in [6.45, 7) is 4.08. The Kier molecular flexibility index (Phi) is 2.32. The van der Waals surface area contributed by atoms with Crippen molar-refractivity contribution in [3.05, 3.63) is 59.2 Å². The van der Waals surface area contributed by atoms with Crippen molar-refractivity contribution in [1.82, 2.24) is 0 Å². The fourth-order valence-corrected chi connectivity index (χ4v) is 3.29. The molecule has 1 atom stereocenters. The minimum Gasteiger partial charge on any atom is -0.375 e. The van der Waals surface area contributed by atoms with Gasteiger partial charge in [0, 0.05) is 0 Å². The van der Waals surface area contributed by atoms with Crippen LogP contribution in [0.1, 0.15) is 16.7 Å². The second kappa shape index (κ2) is 3.92. The highest BCUT2D eigenvalue weighted by Crippen LogP contribution is 2.50. The van der Waals surface area contributed by atoms with Gasteiger partial charge in [-0.3, -0.25) is 0 Å². The molecular weight excluding hydrogens is 236 g/mol. The van der Waals surface area contributed by atoms with E-state index in [0.29, 0.717) is 19.8 Å². The first kappa shape index (κ1) is 11.2. The summed E-state index contributed by atoms with van der Waals surface area (Å²) in [7, 11) is 0. The molecule has 0 radical (unpaired) electrons. The number of benzene rings is 2. The minimum absolute atomic E-state index is 0.393. The van der Waals surface area contributed by atoms with Gasteiger partial charge in [-0.25, -0.2) is 0 Å². The normalized spacial score (nSPS) is 24.3. The van der Waals surface area contributed by atoms with Crippen molar-refractivity contribution in [1.29, 1.82) is 0 Å². The lowest BCUT2D eigenvalue weighted by molar-refractivity contribution is -0.138. The molecule has 0 aromatic heterocycles. The molecule has 1 aliphatic carbocycles. The summed E-state index contributed by atoms with van der Waals surface area (Å²) in [5.74, 6) is 0. The van der Waals surface area contributed by atoms with E-state index in [4.69, 9.17) is 9.47 Å². The Morgan fingerprint density at radius 2 is 1.79 bits per heavy atom. The van der Waals surface area contributed by atoms with Gasteiger partial charge < -0.3 is 9.47 Å². The molecular formula is C17H16O2. The zero-order chi connectivity index (χ0) is 12.9. The van der Waals surface area contributed by atoms with Crippen molar-refractivity contribution < 1.29 is 9.47 Å². The van der Waals surface area contributed by atoms with Gasteiger partial charge >= 0.3 is 0 Å². The average Bonchev–Trinajstić information content (AvgIpc) is 2.71. The molecule has 0 saturated carbocycles. The minimum atomic E-state index is -0.393. The molecule has 2 aromatic carbocycles. The fraction of sp³-hybridized carbons (Fsp3) is 0.294. The van der Waals surface area contributed by atoms with Crippen LogP contribution < -0.4 is 0 Å². The molecule has 2 nitrogen and oxygen atoms in total. The van der Waals surface area contributed by atoms with Crippen LogP contribution in [0.5, 0.6) is 0 Å². The Balaban J connectivity index is 2.03. The number of fused-ring (bicyclic) bond motifs is 5. The van der Waals surface area contributed by atoms with Gasteiger partial charge in [0.1, 0.15) is 5.60 Å². The molecule has 1 fully saturated rings. The molecule has 1 spiro atoms. The SMILES string of the molecule is Cc1ccc2c(c1)C1(COCCO1)c1ccccc1-2.